The number of rotatable bonds is 4. The predicted octanol–water partition coefficient (Wildman–Crippen LogP) is 2.20. The SMILES string of the molecule is CN(CCc1cccnc1)c1ccnc(Cl)n1. The number of likely N-dealkylation sites (N-methyl/N-ethyl adjacent to an activating group) is 1. The lowest BCUT2D eigenvalue weighted by molar-refractivity contribution is 0.852. The molecule has 0 aliphatic rings. The van der Waals surface area contributed by atoms with Crippen LogP contribution in [0, 0.1) is 0 Å². The Hall–Kier alpha value is -1.68. The highest BCUT2D eigenvalue weighted by molar-refractivity contribution is 6.28. The van der Waals surface area contributed by atoms with E-state index < -0.39 is 0 Å². The van der Waals surface area contributed by atoms with E-state index in [-0.39, 0.29) is 5.28 Å². The lowest BCUT2D eigenvalue weighted by Gasteiger charge is -2.17. The number of aromatic nitrogens is 3. The summed E-state index contributed by atoms with van der Waals surface area (Å²) < 4.78 is 0. The molecule has 2 aromatic rings. The van der Waals surface area contributed by atoms with Crippen LogP contribution in [0.5, 0.6) is 0 Å². The Balaban J connectivity index is 1.96. The first-order valence-corrected chi connectivity index (χ1v) is 5.72. The van der Waals surface area contributed by atoms with E-state index in [0.29, 0.717) is 0 Å². The van der Waals surface area contributed by atoms with Crippen molar-refractivity contribution in [3.05, 3.63) is 47.6 Å². The fourth-order valence-corrected chi connectivity index (χ4v) is 1.64. The van der Waals surface area contributed by atoms with Gasteiger partial charge in [0.1, 0.15) is 5.82 Å². The summed E-state index contributed by atoms with van der Waals surface area (Å²) in [5.41, 5.74) is 1.21. The number of anilines is 1. The van der Waals surface area contributed by atoms with Gasteiger partial charge in [0, 0.05) is 32.2 Å². The summed E-state index contributed by atoms with van der Waals surface area (Å²) in [7, 11) is 1.98. The maximum absolute atomic E-state index is 5.75. The van der Waals surface area contributed by atoms with Crippen LogP contribution in [0.3, 0.4) is 0 Å². The molecule has 5 heteroatoms. The van der Waals surface area contributed by atoms with Crippen molar-refractivity contribution in [2.45, 2.75) is 6.42 Å². The average Bonchev–Trinajstić information content (AvgIpc) is 2.37. The third kappa shape index (κ3) is 3.39. The summed E-state index contributed by atoms with van der Waals surface area (Å²) in [4.78, 5) is 14.1. The third-order valence-electron chi connectivity index (χ3n) is 2.46. The maximum Gasteiger partial charge on any atom is 0.224 e. The second kappa shape index (κ2) is 5.59. The largest absolute Gasteiger partial charge is 0.359 e. The zero-order valence-electron chi connectivity index (χ0n) is 9.55. The van der Waals surface area contributed by atoms with Crippen LogP contribution in [-0.4, -0.2) is 28.5 Å². The number of halogens is 1. The predicted molar refractivity (Wildman–Crippen MR) is 68.3 cm³/mol. The highest BCUT2D eigenvalue weighted by Gasteiger charge is 2.03. The Morgan fingerprint density at radius 1 is 1.29 bits per heavy atom. The molecule has 2 heterocycles. The van der Waals surface area contributed by atoms with Gasteiger partial charge < -0.3 is 4.90 Å². The molecule has 0 unspecified atom stereocenters. The standard InChI is InChI=1S/C12H13ClN4/c1-17(11-4-7-15-12(13)16-11)8-5-10-3-2-6-14-9-10/h2-4,6-7,9H,5,8H2,1H3. The zero-order valence-corrected chi connectivity index (χ0v) is 10.3. The molecule has 0 aromatic carbocycles. The van der Waals surface area contributed by atoms with Crippen molar-refractivity contribution in [3.63, 3.8) is 0 Å². The van der Waals surface area contributed by atoms with Crippen LogP contribution in [0.4, 0.5) is 5.82 Å². The van der Waals surface area contributed by atoms with Gasteiger partial charge in [-0.15, -0.1) is 0 Å². The van der Waals surface area contributed by atoms with E-state index in [0.717, 1.165) is 18.8 Å². The van der Waals surface area contributed by atoms with E-state index in [1.807, 2.05) is 30.3 Å². The Morgan fingerprint density at radius 2 is 2.18 bits per heavy atom. The molecule has 0 bridgehead atoms. The number of pyridine rings is 1. The minimum atomic E-state index is 0.274. The molecular formula is C12H13ClN4. The molecule has 0 aliphatic carbocycles. The van der Waals surface area contributed by atoms with Crippen molar-refractivity contribution in [3.8, 4) is 0 Å². The van der Waals surface area contributed by atoms with E-state index in [1.54, 1.807) is 12.4 Å². The normalized spacial score (nSPS) is 10.2. The van der Waals surface area contributed by atoms with Crippen LogP contribution >= 0.6 is 11.6 Å². The highest BCUT2D eigenvalue weighted by Crippen LogP contribution is 2.11. The molecule has 0 saturated heterocycles. The smallest absolute Gasteiger partial charge is 0.224 e. The van der Waals surface area contributed by atoms with Gasteiger partial charge in [0.05, 0.1) is 0 Å². The molecule has 88 valence electrons. The van der Waals surface area contributed by atoms with E-state index in [9.17, 15) is 0 Å². The van der Waals surface area contributed by atoms with Crippen molar-refractivity contribution < 1.29 is 0 Å². The minimum Gasteiger partial charge on any atom is -0.359 e. The molecule has 0 radical (unpaired) electrons. The monoisotopic (exact) mass is 248 g/mol. The lowest BCUT2D eigenvalue weighted by atomic mass is 10.2. The van der Waals surface area contributed by atoms with Gasteiger partial charge in [-0.3, -0.25) is 4.98 Å². The van der Waals surface area contributed by atoms with Crippen molar-refractivity contribution in [2.24, 2.45) is 0 Å². The summed E-state index contributed by atoms with van der Waals surface area (Å²) in [6, 6.07) is 5.85. The van der Waals surface area contributed by atoms with Crippen molar-refractivity contribution in [1.29, 1.82) is 0 Å². The molecule has 0 saturated carbocycles. The fraction of sp³-hybridized carbons (Fsp3) is 0.250. The van der Waals surface area contributed by atoms with Crippen LogP contribution in [-0.2, 0) is 6.42 Å². The number of nitrogens with zero attached hydrogens (tertiary/aromatic N) is 4. The van der Waals surface area contributed by atoms with E-state index in [4.69, 9.17) is 11.6 Å². The number of hydrogen-bond donors (Lipinski definition) is 0. The second-order valence-corrected chi connectivity index (χ2v) is 4.05. The molecule has 17 heavy (non-hydrogen) atoms. The van der Waals surface area contributed by atoms with Crippen molar-refractivity contribution in [1.82, 2.24) is 15.0 Å². The molecule has 4 nitrogen and oxygen atoms in total. The maximum atomic E-state index is 5.75. The molecule has 2 rings (SSSR count). The molecule has 0 N–H and O–H groups in total. The molecule has 0 fully saturated rings. The van der Waals surface area contributed by atoms with Crippen LogP contribution in [0.1, 0.15) is 5.56 Å². The summed E-state index contributed by atoms with van der Waals surface area (Å²) in [5, 5.41) is 0.274. The Kier molecular flexibility index (Phi) is 3.88. The Bertz CT molecular complexity index is 475. The molecule has 2 aromatic heterocycles. The molecule has 0 aliphatic heterocycles. The van der Waals surface area contributed by atoms with Crippen LogP contribution in [0.15, 0.2) is 36.8 Å². The molecule has 0 atom stereocenters. The highest BCUT2D eigenvalue weighted by atomic mass is 35.5. The summed E-state index contributed by atoms with van der Waals surface area (Å²) in [6.45, 7) is 0.860. The quantitative estimate of drug-likeness (QED) is 0.778. The van der Waals surface area contributed by atoms with Crippen molar-refractivity contribution >= 4 is 17.4 Å². The van der Waals surface area contributed by atoms with Gasteiger partial charge in [-0.2, -0.15) is 0 Å². The minimum absolute atomic E-state index is 0.274. The van der Waals surface area contributed by atoms with Crippen molar-refractivity contribution in [2.75, 3.05) is 18.5 Å². The first-order chi connectivity index (χ1) is 8.25. The Morgan fingerprint density at radius 3 is 2.88 bits per heavy atom. The average molecular weight is 249 g/mol. The first-order valence-electron chi connectivity index (χ1n) is 5.34. The number of hydrogen-bond acceptors (Lipinski definition) is 4. The van der Waals surface area contributed by atoms with Gasteiger partial charge in [-0.1, -0.05) is 6.07 Å². The first kappa shape index (κ1) is 11.8. The van der Waals surface area contributed by atoms with Crippen LogP contribution in [0.2, 0.25) is 5.28 Å². The fourth-order valence-electron chi connectivity index (χ4n) is 1.50. The lowest BCUT2D eigenvalue weighted by Crippen LogP contribution is -2.21. The summed E-state index contributed by atoms with van der Waals surface area (Å²) in [6.07, 6.45) is 6.23. The van der Waals surface area contributed by atoms with Gasteiger partial charge in [0.15, 0.2) is 0 Å². The topological polar surface area (TPSA) is 41.9 Å². The second-order valence-electron chi connectivity index (χ2n) is 3.72. The van der Waals surface area contributed by atoms with Gasteiger partial charge >= 0.3 is 0 Å². The van der Waals surface area contributed by atoms with Gasteiger partial charge in [0.25, 0.3) is 0 Å². The molecular weight excluding hydrogens is 236 g/mol. The van der Waals surface area contributed by atoms with Gasteiger partial charge in [-0.05, 0) is 35.7 Å². The zero-order chi connectivity index (χ0) is 12.1. The van der Waals surface area contributed by atoms with E-state index in [1.165, 1.54) is 5.56 Å². The summed E-state index contributed by atoms with van der Waals surface area (Å²) in [5.74, 6) is 0.828. The Labute approximate surface area is 105 Å². The third-order valence-corrected chi connectivity index (χ3v) is 2.64. The van der Waals surface area contributed by atoms with Crippen LogP contribution in [0.25, 0.3) is 0 Å². The molecule has 0 amide bonds. The van der Waals surface area contributed by atoms with E-state index >= 15 is 0 Å². The van der Waals surface area contributed by atoms with Gasteiger partial charge in [0.2, 0.25) is 5.28 Å². The molecule has 0 spiro atoms. The van der Waals surface area contributed by atoms with Crippen LogP contribution < -0.4 is 4.90 Å². The summed E-state index contributed by atoms with van der Waals surface area (Å²) >= 11 is 5.75. The van der Waals surface area contributed by atoms with Gasteiger partial charge in [-0.25, -0.2) is 9.97 Å². The van der Waals surface area contributed by atoms with E-state index in [2.05, 4.69) is 21.0 Å².